The average molecular weight is 552 g/mol. The van der Waals surface area contributed by atoms with Crippen LogP contribution in [0.3, 0.4) is 0 Å². The van der Waals surface area contributed by atoms with Gasteiger partial charge < -0.3 is 15.0 Å². The van der Waals surface area contributed by atoms with E-state index >= 15 is 0 Å². The van der Waals surface area contributed by atoms with E-state index in [-0.39, 0.29) is 37.7 Å². The first-order valence-electron chi connectivity index (χ1n) is 12.2. The summed E-state index contributed by atoms with van der Waals surface area (Å²) >= 11 is 6.06. The van der Waals surface area contributed by atoms with Crippen molar-refractivity contribution in [1.29, 1.82) is 0 Å². The molecular formula is C27H38ClN3O5S. The van der Waals surface area contributed by atoms with E-state index in [0.29, 0.717) is 22.9 Å². The Kier molecular flexibility index (Phi) is 10.8. The summed E-state index contributed by atoms with van der Waals surface area (Å²) in [5.41, 5.74) is 0.841. The van der Waals surface area contributed by atoms with Crippen LogP contribution in [0.15, 0.2) is 48.5 Å². The summed E-state index contributed by atoms with van der Waals surface area (Å²) in [4.78, 5) is 28.2. The topological polar surface area (TPSA) is 96.0 Å². The third-order valence-electron chi connectivity index (χ3n) is 5.64. The highest BCUT2D eigenvalue weighted by Crippen LogP contribution is 2.23. The van der Waals surface area contributed by atoms with Crippen molar-refractivity contribution < 1.29 is 22.7 Å². The van der Waals surface area contributed by atoms with Crippen LogP contribution in [0.4, 0.5) is 5.69 Å². The molecule has 2 amide bonds. The second-order valence-corrected chi connectivity index (χ2v) is 12.3. The highest BCUT2D eigenvalue weighted by Gasteiger charge is 2.30. The first kappa shape index (κ1) is 30.4. The number of methoxy groups -OCH3 is 1. The van der Waals surface area contributed by atoms with Crippen molar-refractivity contribution in [3.63, 3.8) is 0 Å². The quantitative estimate of drug-likeness (QED) is 0.415. The summed E-state index contributed by atoms with van der Waals surface area (Å²) in [6.45, 7) is 7.88. The molecule has 0 unspecified atom stereocenters. The van der Waals surface area contributed by atoms with E-state index in [4.69, 9.17) is 16.3 Å². The lowest BCUT2D eigenvalue weighted by Gasteiger charge is -2.33. The van der Waals surface area contributed by atoms with Gasteiger partial charge in [0.25, 0.3) is 0 Å². The molecule has 10 heteroatoms. The predicted molar refractivity (Wildman–Crippen MR) is 148 cm³/mol. The minimum Gasteiger partial charge on any atom is -0.497 e. The largest absolute Gasteiger partial charge is 0.497 e. The number of nitrogens with zero attached hydrogens (tertiary/aromatic N) is 2. The molecule has 2 aromatic carbocycles. The van der Waals surface area contributed by atoms with Gasteiger partial charge in [-0.25, -0.2) is 8.42 Å². The molecule has 0 heterocycles. The van der Waals surface area contributed by atoms with E-state index in [1.165, 1.54) is 4.31 Å². The molecule has 0 aliphatic carbocycles. The summed E-state index contributed by atoms with van der Waals surface area (Å²) in [6.07, 6.45) is 1.90. The van der Waals surface area contributed by atoms with Crippen LogP contribution in [0.25, 0.3) is 0 Å². The van der Waals surface area contributed by atoms with Gasteiger partial charge in [0.1, 0.15) is 11.8 Å². The smallest absolute Gasteiger partial charge is 0.243 e. The second-order valence-electron chi connectivity index (χ2n) is 9.95. The summed E-state index contributed by atoms with van der Waals surface area (Å²) in [5.74, 6) is 0.237. The van der Waals surface area contributed by atoms with Crippen LogP contribution in [0.2, 0.25) is 5.02 Å². The van der Waals surface area contributed by atoms with Gasteiger partial charge in [0.15, 0.2) is 0 Å². The minimum atomic E-state index is -3.59. The van der Waals surface area contributed by atoms with Crippen LogP contribution in [-0.2, 0) is 26.2 Å². The Labute approximate surface area is 226 Å². The van der Waals surface area contributed by atoms with Crippen LogP contribution in [0.5, 0.6) is 5.75 Å². The normalized spacial score (nSPS) is 12.5. The molecule has 8 nitrogen and oxygen atoms in total. The predicted octanol–water partition coefficient (Wildman–Crippen LogP) is 4.62. The van der Waals surface area contributed by atoms with Crippen LogP contribution in [0.1, 0.15) is 52.5 Å². The van der Waals surface area contributed by atoms with Crippen molar-refractivity contribution in [3.8, 4) is 5.75 Å². The number of sulfonamides is 1. The first-order valence-corrected chi connectivity index (χ1v) is 14.5. The fraction of sp³-hybridized carbons (Fsp3) is 0.481. The number of anilines is 1. The lowest BCUT2D eigenvalue weighted by atomic mass is 10.0. The number of benzene rings is 2. The van der Waals surface area contributed by atoms with E-state index in [9.17, 15) is 18.0 Å². The molecule has 2 aromatic rings. The second kappa shape index (κ2) is 13.1. The number of hydrogen-bond donors (Lipinski definition) is 1. The number of carbonyl (C=O) groups is 2. The van der Waals surface area contributed by atoms with Crippen molar-refractivity contribution in [2.45, 2.75) is 65.1 Å². The molecule has 1 N–H and O–H groups in total. The van der Waals surface area contributed by atoms with Crippen LogP contribution >= 0.6 is 11.6 Å². The van der Waals surface area contributed by atoms with Crippen molar-refractivity contribution in [1.82, 2.24) is 10.2 Å². The molecule has 0 aliphatic rings. The Morgan fingerprint density at radius 2 is 1.76 bits per heavy atom. The molecule has 0 aromatic heterocycles. The maximum atomic E-state index is 13.5. The van der Waals surface area contributed by atoms with Gasteiger partial charge in [0, 0.05) is 30.1 Å². The summed E-state index contributed by atoms with van der Waals surface area (Å²) in [5, 5.41) is 3.40. The van der Waals surface area contributed by atoms with E-state index in [2.05, 4.69) is 5.32 Å². The third kappa shape index (κ3) is 9.55. The lowest BCUT2D eigenvalue weighted by molar-refractivity contribution is -0.142. The molecule has 204 valence electrons. The van der Waals surface area contributed by atoms with Gasteiger partial charge in [-0.3, -0.25) is 13.9 Å². The fourth-order valence-corrected chi connectivity index (χ4v) is 5.08. The standard InChI is InChI=1S/C27H38ClN3O5S/c1-7-24(26(33)29-27(2,3)4)30(19-20-13-15-23(36-5)16-14-20)25(32)12-9-17-31(37(6,34)35)22-11-8-10-21(28)18-22/h8,10-11,13-16,18,24H,7,9,12,17,19H2,1-6H3,(H,29,33)/t24-/m1/s1. The molecule has 0 aliphatic heterocycles. The lowest BCUT2D eigenvalue weighted by Crippen LogP contribution is -2.53. The molecule has 0 bridgehead atoms. The van der Waals surface area contributed by atoms with E-state index in [0.717, 1.165) is 11.8 Å². The Morgan fingerprint density at radius 1 is 1.11 bits per heavy atom. The molecule has 0 radical (unpaired) electrons. The van der Waals surface area contributed by atoms with Gasteiger partial charge >= 0.3 is 0 Å². The SMILES string of the molecule is CC[C@H](C(=O)NC(C)(C)C)N(Cc1ccc(OC)cc1)C(=O)CCCN(c1cccc(Cl)c1)S(C)(=O)=O. The van der Waals surface area contributed by atoms with Crippen LogP contribution in [-0.4, -0.2) is 56.6 Å². The summed E-state index contributed by atoms with van der Waals surface area (Å²) in [7, 11) is -2.01. The zero-order chi connectivity index (χ0) is 27.8. The summed E-state index contributed by atoms with van der Waals surface area (Å²) in [6, 6.07) is 13.2. The summed E-state index contributed by atoms with van der Waals surface area (Å²) < 4.78 is 31.4. The molecule has 0 saturated carbocycles. The Balaban J connectivity index is 2.24. The molecule has 0 saturated heterocycles. The van der Waals surface area contributed by atoms with Crippen LogP contribution < -0.4 is 14.4 Å². The monoisotopic (exact) mass is 551 g/mol. The minimum absolute atomic E-state index is 0.0715. The maximum Gasteiger partial charge on any atom is 0.243 e. The number of carbonyl (C=O) groups excluding carboxylic acids is 2. The molecular weight excluding hydrogens is 514 g/mol. The molecule has 0 spiro atoms. The third-order valence-corrected chi connectivity index (χ3v) is 7.07. The zero-order valence-electron chi connectivity index (χ0n) is 22.5. The van der Waals surface area contributed by atoms with Crippen molar-refractivity contribution in [2.75, 3.05) is 24.2 Å². The zero-order valence-corrected chi connectivity index (χ0v) is 24.0. The van der Waals surface area contributed by atoms with Gasteiger partial charge in [-0.05, 0) is 69.5 Å². The van der Waals surface area contributed by atoms with Gasteiger partial charge in [-0.1, -0.05) is 36.7 Å². The highest BCUT2D eigenvalue weighted by molar-refractivity contribution is 7.92. The van der Waals surface area contributed by atoms with Crippen molar-refractivity contribution >= 4 is 39.1 Å². The number of amides is 2. The number of rotatable bonds is 12. The number of hydrogen-bond acceptors (Lipinski definition) is 5. The van der Waals surface area contributed by atoms with E-state index in [1.807, 2.05) is 52.0 Å². The van der Waals surface area contributed by atoms with Crippen molar-refractivity contribution in [2.24, 2.45) is 0 Å². The van der Waals surface area contributed by atoms with Gasteiger partial charge in [-0.2, -0.15) is 0 Å². The first-order chi connectivity index (χ1) is 17.2. The molecule has 1 atom stereocenters. The van der Waals surface area contributed by atoms with Gasteiger partial charge in [0.2, 0.25) is 21.8 Å². The van der Waals surface area contributed by atoms with E-state index < -0.39 is 21.6 Å². The van der Waals surface area contributed by atoms with E-state index in [1.54, 1.807) is 36.3 Å². The van der Waals surface area contributed by atoms with Crippen LogP contribution in [0, 0.1) is 0 Å². The Morgan fingerprint density at radius 3 is 2.27 bits per heavy atom. The van der Waals surface area contributed by atoms with Gasteiger partial charge in [0.05, 0.1) is 19.1 Å². The molecule has 2 rings (SSSR count). The number of ether oxygens (including phenoxy) is 1. The molecule has 37 heavy (non-hydrogen) atoms. The molecule has 0 fully saturated rings. The fourth-order valence-electron chi connectivity index (χ4n) is 3.94. The van der Waals surface area contributed by atoms with Crippen molar-refractivity contribution in [3.05, 3.63) is 59.1 Å². The average Bonchev–Trinajstić information content (AvgIpc) is 2.80. The maximum absolute atomic E-state index is 13.5. The van der Waals surface area contributed by atoms with Gasteiger partial charge in [-0.15, -0.1) is 0 Å². The Bertz CT molecular complexity index is 1160. The number of halogens is 1. The number of nitrogens with one attached hydrogen (secondary N) is 1. The highest BCUT2D eigenvalue weighted by atomic mass is 35.5. The Hall–Kier alpha value is -2.78.